The Bertz CT molecular complexity index is 784. The molecule has 2 aromatic rings. The fourth-order valence-electron chi connectivity index (χ4n) is 2.55. The molecule has 1 atom stereocenters. The molecule has 4 nitrogen and oxygen atoms in total. The van der Waals surface area contributed by atoms with Gasteiger partial charge in [0.05, 0.1) is 0 Å². The number of benzene rings is 2. The second-order valence-electron chi connectivity index (χ2n) is 5.58. The topological polar surface area (TPSA) is 46.6 Å². The smallest absolute Gasteiger partial charge is 0.417 e. The average molecular weight is 325 g/mol. The van der Waals surface area contributed by atoms with Gasteiger partial charge in [-0.3, -0.25) is 4.79 Å². The molecule has 1 aliphatic rings. The van der Waals surface area contributed by atoms with Gasteiger partial charge in [-0.05, 0) is 24.1 Å². The van der Waals surface area contributed by atoms with Crippen LogP contribution in [0.5, 0.6) is 0 Å². The van der Waals surface area contributed by atoms with Crippen LogP contribution >= 0.6 is 0 Å². The van der Waals surface area contributed by atoms with E-state index in [9.17, 15) is 14.0 Å². The molecule has 1 fully saturated rings. The molecule has 2 aromatic carbocycles. The fourth-order valence-corrected chi connectivity index (χ4v) is 2.55. The normalized spacial score (nSPS) is 17.8. The molecule has 0 saturated carbocycles. The van der Waals surface area contributed by atoms with Crippen LogP contribution in [0.1, 0.15) is 22.7 Å². The second-order valence-corrected chi connectivity index (χ2v) is 5.58. The van der Waals surface area contributed by atoms with Gasteiger partial charge in [0.15, 0.2) is 5.83 Å². The monoisotopic (exact) mass is 325 g/mol. The van der Waals surface area contributed by atoms with Crippen LogP contribution in [-0.4, -0.2) is 23.5 Å². The molecule has 0 spiro atoms. The van der Waals surface area contributed by atoms with E-state index in [2.05, 4.69) is 0 Å². The number of amides is 2. The van der Waals surface area contributed by atoms with Crippen LogP contribution in [0, 0.1) is 6.92 Å². The van der Waals surface area contributed by atoms with Gasteiger partial charge in [0.2, 0.25) is 0 Å². The average Bonchev–Trinajstić information content (AvgIpc) is 2.98. The zero-order chi connectivity index (χ0) is 17.1. The van der Waals surface area contributed by atoms with Crippen LogP contribution in [0.15, 0.2) is 60.4 Å². The molecule has 3 rings (SSSR count). The summed E-state index contributed by atoms with van der Waals surface area (Å²) in [5.41, 5.74) is 2.31. The van der Waals surface area contributed by atoms with E-state index in [4.69, 9.17) is 4.74 Å². The summed E-state index contributed by atoms with van der Waals surface area (Å²) in [6.45, 7) is 1.94. The van der Waals surface area contributed by atoms with E-state index in [-0.39, 0.29) is 6.61 Å². The molecule has 5 heteroatoms. The minimum absolute atomic E-state index is 0.0202. The van der Waals surface area contributed by atoms with Crippen molar-refractivity contribution in [2.75, 3.05) is 6.61 Å². The first kappa shape index (κ1) is 15.9. The number of cyclic esters (lactones) is 1. The Kier molecular flexibility index (Phi) is 4.42. The lowest BCUT2D eigenvalue weighted by Gasteiger charge is -2.18. The van der Waals surface area contributed by atoms with Crippen LogP contribution in [0.4, 0.5) is 9.18 Å². The van der Waals surface area contributed by atoms with E-state index in [1.165, 1.54) is 0 Å². The van der Waals surface area contributed by atoms with Gasteiger partial charge in [0.25, 0.3) is 5.91 Å². The third kappa shape index (κ3) is 3.20. The Labute approximate surface area is 139 Å². The van der Waals surface area contributed by atoms with Crippen molar-refractivity contribution in [2.24, 2.45) is 0 Å². The predicted molar refractivity (Wildman–Crippen MR) is 87.6 cm³/mol. The van der Waals surface area contributed by atoms with E-state index in [0.29, 0.717) is 5.56 Å². The molecule has 0 radical (unpaired) electrons. The van der Waals surface area contributed by atoms with Gasteiger partial charge in [-0.2, -0.15) is 0 Å². The number of nitrogens with zero attached hydrogens (tertiary/aromatic N) is 1. The summed E-state index contributed by atoms with van der Waals surface area (Å²) >= 11 is 0. The first-order valence-corrected chi connectivity index (χ1v) is 7.55. The number of ether oxygens (including phenoxy) is 1. The van der Waals surface area contributed by atoms with Crippen LogP contribution in [0.2, 0.25) is 0 Å². The zero-order valence-corrected chi connectivity index (χ0v) is 13.1. The summed E-state index contributed by atoms with van der Waals surface area (Å²) in [5.74, 6) is -1.99. The molecular weight excluding hydrogens is 309 g/mol. The lowest BCUT2D eigenvalue weighted by Crippen LogP contribution is -2.34. The predicted octanol–water partition coefficient (Wildman–Crippen LogP) is 4.03. The van der Waals surface area contributed by atoms with Crippen molar-refractivity contribution < 1.29 is 18.7 Å². The maximum absolute atomic E-state index is 14.4. The minimum atomic E-state index is -1.00. The third-order valence-electron chi connectivity index (χ3n) is 3.85. The molecule has 0 N–H and O–H groups in total. The molecule has 122 valence electrons. The van der Waals surface area contributed by atoms with Crippen molar-refractivity contribution in [1.82, 2.24) is 4.90 Å². The Hall–Kier alpha value is -2.95. The first-order valence-electron chi connectivity index (χ1n) is 7.55. The second kappa shape index (κ2) is 6.66. The highest BCUT2D eigenvalue weighted by Crippen LogP contribution is 2.29. The SMILES string of the molecule is Cc1ccc(/C=C(\F)C(=O)N2C(=O)OC[C@H]2c2ccccc2)cc1. The summed E-state index contributed by atoms with van der Waals surface area (Å²) < 4.78 is 19.3. The maximum atomic E-state index is 14.4. The number of aryl methyl sites for hydroxylation is 1. The summed E-state index contributed by atoms with van der Waals surface area (Å²) in [7, 11) is 0. The van der Waals surface area contributed by atoms with E-state index < -0.39 is 23.9 Å². The van der Waals surface area contributed by atoms with Gasteiger partial charge < -0.3 is 4.74 Å². The quantitative estimate of drug-likeness (QED) is 0.801. The van der Waals surface area contributed by atoms with Crippen molar-refractivity contribution in [3.63, 3.8) is 0 Å². The number of carbonyl (C=O) groups excluding carboxylic acids is 2. The molecule has 0 bridgehead atoms. The van der Waals surface area contributed by atoms with E-state index in [1.807, 2.05) is 25.1 Å². The van der Waals surface area contributed by atoms with E-state index in [1.54, 1.807) is 36.4 Å². The zero-order valence-electron chi connectivity index (χ0n) is 13.1. The van der Waals surface area contributed by atoms with Gasteiger partial charge in [-0.25, -0.2) is 14.1 Å². The van der Waals surface area contributed by atoms with Crippen molar-refractivity contribution >= 4 is 18.1 Å². The van der Waals surface area contributed by atoms with Crippen LogP contribution in [0.3, 0.4) is 0 Å². The highest BCUT2D eigenvalue weighted by molar-refractivity contribution is 6.04. The standard InChI is InChI=1S/C19H16FNO3/c1-13-7-9-14(10-8-13)11-16(20)18(22)21-17(12-24-19(21)23)15-5-3-2-4-6-15/h2-11,17H,12H2,1H3/b16-11-/t17-/m0/s1. The lowest BCUT2D eigenvalue weighted by molar-refractivity contribution is -0.126. The van der Waals surface area contributed by atoms with Gasteiger partial charge in [0.1, 0.15) is 12.6 Å². The summed E-state index contributed by atoms with van der Waals surface area (Å²) in [6.07, 6.45) is 0.288. The van der Waals surface area contributed by atoms with Crippen LogP contribution in [-0.2, 0) is 9.53 Å². The van der Waals surface area contributed by atoms with Gasteiger partial charge >= 0.3 is 6.09 Å². The highest BCUT2D eigenvalue weighted by Gasteiger charge is 2.40. The summed E-state index contributed by atoms with van der Waals surface area (Å²) in [5, 5.41) is 0. The van der Waals surface area contributed by atoms with Crippen molar-refractivity contribution in [1.29, 1.82) is 0 Å². The lowest BCUT2D eigenvalue weighted by atomic mass is 10.1. The Morgan fingerprint density at radius 1 is 1.17 bits per heavy atom. The summed E-state index contributed by atoms with van der Waals surface area (Å²) in [4.78, 5) is 25.1. The molecule has 0 unspecified atom stereocenters. The Balaban J connectivity index is 1.86. The van der Waals surface area contributed by atoms with E-state index >= 15 is 0 Å². The number of halogens is 1. The number of rotatable bonds is 3. The minimum Gasteiger partial charge on any atom is -0.446 e. The largest absolute Gasteiger partial charge is 0.446 e. The molecule has 1 heterocycles. The molecule has 2 amide bonds. The van der Waals surface area contributed by atoms with Gasteiger partial charge in [-0.1, -0.05) is 60.2 Å². The van der Waals surface area contributed by atoms with Crippen molar-refractivity contribution in [3.8, 4) is 0 Å². The molecule has 1 saturated heterocycles. The van der Waals surface area contributed by atoms with Gasteiger partial charge in [0, 0.05) is 0 Å². The Morgan fingerprint density at radius 2 is 1.83 bits per heavy atom. The van der Waals surface area contributed by atoms with Gasteiger partial charge in [-0.15, -0.1) is 0 Å². The third-order valence-corrected chi connectivity index (χ3v) is 3.85. The molecule has 24 heavy (non-hydrogen) atoms. The molecular formula is C19H16FNO3. The summed E-state index contributed by atoms with van der Waals surface area (Å²) in [6, 6.07) is 15.4. The number of imide groups is 1. The molecule has 0 aliphatic carbocycles. The number of hydrogen-bond acceptors (Lipinski definition) is 3. The number of carbonyl (C=O) groups is 2. The highest BCUT2D eigenvalue weighted by atomic mass is 19.1. The maximum Gasteiger partial charge on any atom is 0.417 e. The Morgan fingerprint density at radius 3 is 2.50 bits per heavy atom. The van der Waals surface area contributed by atoms with Crippen molar-refractivity contribution in [3.05, 3.63) is 77.1 Å². The van der Waals surface area contributed by atoms with Crippen LogP contribution in [0.25, 0.3) is 6.08 Å². The molecule has 1 aliphatic heterocycles. The number of hydrogen-bond donors (Lipinski definition) is 0. The van der Waals surface area contributed by atoms with E-state index in [0.717, 1.165) is 22.1 Å². The first-order chi connectivity index (χ1) is 11.6. The fraction of sp³-hybridized carbons (Fsp3) is 0.158. The van der Waals surface area contributed by atoms with Crippen LogP contribution < -0.4 is 0 Å². The van der Waals surface area contributed by atoms with Crippen molar-refractivity contribution in [2.45, 2.75) is 13.0 Å². The molecule has 0 aromatic heterocycles.